The van der Waals surface area contributed by atoms with Gasteiger partial charge in [-0.25, -0.2) is 4.39 Å². The fourth-order valence-electron chi connectivity index (χ4n) is 0.985. The average molecular weight is 178 g/mol. The Kier molecular flexibility index (Phi) is 2.80. The number of nitrogens with one attached hydrogen (secondary N) is 1. The van der Waals surface area contributed by atoms with Gasteiger partial charge in [-0.15, -0.1) is 0 Å². The van der Waals surface area contributed by atoms with E-state index in [9.17, 15) is 4.39 Å². The lowest BCUT2D eigenvalue weighted by atomic mass is 10.1. The number of hydrogen-bond donors (Lipinski definition) is 2. The topological polar surface area (TPSA) is 49.9 Å². The van der Waals surface area contributed by atoms with Gasteiger partial charge >= 0.3 is 0 Å². The Hall–Kier alpha value is -1.64. The summed E-state index contributed by atoms with van der Waals surface area (Å²) in [5, 5.41) is 7.50. The highest BCUT2D eigenvalue weighted by Crippen LogP contribution is 2.07. The molecule has 0 aromatic heterocycles. The first-order valence-electron chi connectivity index (χ1n) is 3.88. The van der Waals surface area contributed by atoms with Crippen LogP contribution in [0.1, 0.15) is 12.5 Å². The third-order valence-electron chi connectivity index (χ3n) is 1.54. The highest BCUT2D eigenvalue weighted by molar-refractivity contribution is 6.06. The SMILES string of the molecule is C/C(N)=C/C(=N)c1ccccc1F. The maximum atomic E-state index is 13.1. The average Bonchev–Trinajstić information content (AvgIpc) is 2.03. The number of hydrogen-bond acceptors (Lipinski definition) is 2. The molecule has 0 unspecified atom stereocenters. The summed E-state index contributed by atoms with van der Waals surface area (Å²) in [7, 11) is 0. The van der Waals surface area contributed by atoms with Crippen LogP contribution in [0.15, 0.2) is 36.0 Å². The Morgan fingerprint density at radius 1 is 1.46 bits per heavy atom. The molecule has 2 nitrogen and oxygen atoms in total. The minimum atomic E-state index is -0.398. The van der Waals surface area contributed by atoms with Crippen molar-refractivity contribution in [2.45, 2.75) is 6.92 Å². The Morgan fingerprint density at radius 3 is 2.62 bits per heavy atom. The second kappa shape index (κ2) is 3.85. The molecule has 13 heavy (non-hydrogen) atoms. The summed E-state index contributed by atoms with van der Waals surface area (Å²) in [6, 6.07) is 6.15. The van der Waals surface area contributed by atoms with Crippen LogP contribution in [0.2, 0.25) is 0 Å². The van der Waals surface area contributed by atoms with E-state index >= 15 is 0 Å². The van der Waals surface area contributed by atoms with Crippen molar-refractivity contribution in [3.63, 3.8) is 0 Å². The standard InChI is InChI=1S/C10H11FN2/c1-7(12)6-10(13)8-4-2-3-5-9(8)11/h2-6,13H,12H2,1H3/b7-6-,13-10?. The van der Waals surface area contributed by atoms with Crippen LogP contribution in [0.3, 0.4) is 0 Å². The van der Waals surface area contributed by atoms with E-state index in [0.717, 1.165) is 0 Å². The molecule has 0 aliphatic heterocycles. The quantitative estimate of drug-likeness (QED) is 0.669. The van der Waals surface area contributed by atoms with Gasteiger partial charge in [-0.05, 0) is 25.1 Å². The Balaban J connectivity index is 3.03. The van der Waals surface area contributed by atoms with E-state index in [2.05, 4.69) is 0 Å². The zero-order valence-corrected chi connectivity index (χ0v) is 7.34. The summed E-state index contributed by atoms with van der Waals surface area (Å²) in [5.41, 5.74) is 6.24. The number of allylic oxidation sites excluding steroid dienone is 2. The van der Waals surface area contributed by atoms with Crippen LogP contribution < -0.4 is 5.73 Å². The van der Waals surface area contributed by atoms with Crippen LogP contribution in [0.5, 0.6) is 0 Å². The highest BCUT2D eigenvalue weighted by Gasteiger charge is 2.03. The van der Waals surface area contributed by atoms with Gasteiger partial charge < -0.3 is 11.1 Å². The van der Waals surface area contributed by atoms with E-state index in [4.69, 9.17) is 11.1 Å². The van der Waals surface area contributed by atoms with Crippen LogP contribution in [-0.4, -0.2) is 5.71 Å². The second-order valence-electron chi connectivity index (χ2n) is 2.78. The first-order chi connectivity index (χ1) is 6.11. The first kappa shape index (κ1) is 9.45. The van der Waals surface area contributed by atoms with E-state index in [1.54, 1.807) is 25.1 Å². The first-order valence-corrected chi connectivity index (χ1v) is 3.88. The van der Waals surface area contributed by atoms with Crippen molar-refractivity contribution in [1.29, 1.82) is 5.41 Å². The number of nitrogens with two attached hydrogens (primary N) is 1. The molecule has 1 aromatic carbocycles. The van der Waals surface area contributed by atoms with E-state index in [1.165, 1.54) is 12.1 Å². The van der Waals surface area contributed by atoms with Crippen LogP contribution in [0.4, 0.5) is 4.39 Å². The molecule has 0 aliphatic rings. The number of benzene rings is 1. The van der Waals surface area contributed by atoms with Crippen molar-refractivity contribution in [3.8, 4) is 0 Å². The molecule has 0 saturated carbocycles. The summed E-state index contributed by atoms with van der Waals surface area (Å²) < 4.78 is 13.1. The van der Waals surface area contributed by atoms with Gasteiger partial charge in [0.2, 0.25) is 0 Å². The fourth-order valence-corrected chi connectivity index (χ4v) is 0.985. The molecule has 0 saturated heterocycles. The van der Waals surface area contributed by atoms with Crippen molar-refractivity contribution < 1.29 is 4.39 Å². The van der Waals surface area contributed by atoms with Crippen molar-refractivity contribution in [2.24, 2.45) is 5.73 Å². The second-order valence-corrected chi connectivity index (χ2v) is 2.78. The molecule has 3 N–H and O–H groups in total. The Labute approximate surface area is 76.4 Å². The van der Waals surface area contributed by atoms with E-state index in [0.29, 0.717) is 5.70 Å². The lowest BCUT2D eigenvalue weighted by Gasteiger charge is -2.00. The summed E-state index contributed by atoms with van der Waals surface area (Å²) in [6.45, 7) is 1.66. The van der Waals surface area contributed by atoms with E-state index < -0.39 is 5.82 Å². The molecule has 3 heteroatoms. The van der Waals surface area contributed by atoms with Gasteiger partial charge in [-0.2, -0.15) is 0 Å². The Bertz CT molecular complexity index is 352. The van der Waals surface area contributed by atoms with Gasteiger partial charge in [0.25, 0.3) is 0 Å². The normalized spacial score (nSPS) is 11.4. The van der Waals surface area contributed by atoms with E-state index in [1.807, 2.05) is 0 Å². The summed E-state index contributed by atoms with van der Waals surface area (Å²) in [6.07, 6.45) is 1.43. The van der Waals surface area contributed by atoms with Gasteiger partial charge in [0.05, 0.1) is 5.71 Å². The number of rotatable bonds is 2. The van der Waals surface area contributed by atoms with Crippen molar-refractivity contribution >= 4 is 5.71 Å². The molecule has 1 rings (SSSR count). The monoisotopic (exact) mass is 178 g/mol. The minimum absolute atomic E-state index is 0.0955. The summed E-state index contributed by atoms with van der Waals surface area (Å²) in [5.74, 6) is -0.398. The largest absolute Gasteiger partial charge is 0.402 e. The maximum Gasteiger partial charge on any atom is 0.132 e. The molecule has 0 amide bonds. The molecule has 68 valence electrons. The lowest BCUT2D eigenvalue weighted by Crippen LogP contribution is -2.02. The molecule has 0 spiro atoms. The third kappa shape index (κ3) is 2.40. The third-order valence-corrected chi connectivity index (χ3v) is 1.54. The molecule has 0 bridgehead atoms. The van der Waals surface area contributed by atoms with Crippen molar-refractivity contribution in [2.75, 3.05) is 0 Å². The predicted octanol–water partition coefficient (Wildman–Crippen LogP) is 2.06. The molecule has 0 aliphatic carbocycles. The molecule has 0 atom stereocenters. The zero-order chi connectivity index (χ0) is 9.84. The minimum Gasteiger partial charge on any atom is -0.402 e. The van der Waals surface area contributed by atoms with Crippen LogP contribution in [0, 0.1) is 11.2 Å². The van der Waals surface area contributed by atoms with Gasteiger partial charge in [0.15, 0.2) is 0 Å². The lowest BCUT2D eigenvalue weighted by molar-refractivity contribution is 0.625. The van der Waals surface area contributed by atoms with Crippen molar-refractivity contribution in [1.82, 2.24) is 0 Å². The molecule has 0 radical (unpaired) electrons. The van der Waals surface area contributed by atoms with E-state index in [-0.39, 0.29) is 11.3 Å². The molecular formula is C10H11FN2. The van der Waals surface area contributed by atoms with Gasteiger partial charge in [0, 0.05) is 11.3 Å². The zero-order valence-electron chi connectivity index (χ0n) is 7.34. The fraction of sp³-hybridized carbons (Fsp3) is 0.100. The number of halogens is 1. The van der Waals surface area contributed by atoms with Crippen LogP contribution in [-0.2, 0) is 0 Å². The smallest absolute Gasteiger partial charge is 0.132 e. The molecular weight excluding hydrogens is 167 g/mol. The molecule has 0 heterocycles. The summed E-state index contributed by atoms with van der Waals surface area (Å²) in [4.78, 5) is 0. The van der Waals surface area contributed by atoms with Crippen LogP contribution in [0.25, 0.3) is 0 Å². The molecule has 1 aromatic rings. The highest BCUT2D eigenvalue weighted by atomic mass is 19.1. The van der Waals surface area contributed by atoms with Gasteiger partial charge in [0.1, 0.15) is 5.82 Å². The predicted molar refractivity (Wildman–Crippen MR) is 51.2 cm³/mol. The summed E-state index contributed by atoms with van der Waals surface area (Å²) >= 11 is 0. The Morgan fingerprint density at radius 2 is 2.08 bits per heavy atom. The van der Waals surface area contributed by atoms with Crippen LogP contribution >= 0.6 is 0 Å². The van der Waals surface area contributed by atoms with Gasteiger partial charge in [-0.3, -0.25) is 0 Å². The molecule has 0 fully saturated rings. The van der Waals surface area contributed by atoms with Crippen molar-refractivity contribution in [3.05, 3.63) is 47.4 Å². The maximum absolute atomic E-state index is 13.1. The van der Waals surface area contributed by atoms with Gasteiger partial charge in [-0.1, -0.05) is 12.1 Å².